The van der Waals surface area contributed by atoms with Crippen molar-refractivity contribution in [3.63, 3.8) is 0 Å². The highest BCUT2D eigenvalue weighted by molar-refractivity contribution is 7.14. The Morgan fingerprint density at radius 2 is 2.28 bits per heavy atom. The fourth-order valence-corrected chi connectivity index (χ4v) is 2.45. The van der Waals surface area contributed by atoms with Crippen LogP contribution in [0.1, 0.15) is 34.4 Å². The van der Waals surface area contributed by atoms with Gasteiger partial charge >= 0.3 is 0 Å². The van der Waals surface area contributed by atoms with Crippen LogP contribution in [0.15, 0.2) is 18.3 Å². The number of anilines is 2. The zero-order valence-electron chi connectivity index (χ0n) is 10.6. The van der Waals surface area contributed by atoms with Gasteiger partial charge in [-0.1, -0.05) is 0 Å². The Morgan fingerprint density at radius 3 is 2.83 bits per heavy atom. The molecule has 18 heavy (non-hydrogen) atoms. The van der Waals surface area contributed by atoms with E-state index in [9.17, 15) is 4.79 Å². The second-order valence-corrected chi connectivity index (χ2v) is 5.59. The van der Waals surface area contributed by atoms with Gasteiger partial charge in [0.15, 0.2) is 0 Å². The molecule has 2 aromatic heterocycles. The Labute approximate surface area is 110 Å². The van der Waals surface area contributed by atoms with Crippen molar-refractivity contribution in [2.45, 2.75) is 26.8 Å². The maximum Gasteiger partial charge on any atom is 0.266 e. The van der Waals surface area contributed by atoms with Gasteiger partial charge < -0.3 is 11.1 Å². The van der Waals surface area contributed by atoms with Gasteiger partial charge in [-0.3, -0.25) is 4.79 Å². The molecule has 1 amide bonds. The number of nitrogens with zero attached hydrogens (tertiary/aromatic N) is 2. The SMILES string of the molecule is Cc1sc(C(=O)Nc2ccnn2C(C)C)cc1N. The molecule has 0 bridgehead atoms. The van der Waals surface area contributed by atoms with E-state index in [1.54, 1.807) is 23.0 Å². The van der Waals surface area contributed by atoms with Gasteiger partial charge in [0, 0.05) is 22.7 Å². The summed E-state index contributed by atoms with van der Waals surface area (Å²) in [4.78, 5) is 13.6. The van der Waals surface area contributed by atoms with Crippen molar-refractivity contribution in [1.82, 2.24) is 9.78 Å². The lowest BCUT2D eigenvalue weighted by molar-refractivity contribution is 0.102. The lowest BCUT2D eigenvalue weighted by atomic mass is 10.3. The third-order valence-electron chi connectivity index (χ3n) is 2.58. The predicted octanol–water partition coefficient (Wildman–Crippen LogP) is 2.67. The molecule has 0 aliphatic rings. The van der Waals surface area contributed by atoms with Crippen LogP contribution in [0.5, 0.6) is 0 Å². The number of carbonyl (C=O) groups is 1. The van der Waals surface area contributed by atoms with E-state index >= 15 is 0 Å². The Morgan fingerprint density at radius 1 is 1.56 bits per heavy atom. The molecule has 0 saturated carbocycles. The maximum absolute atomic E-state index is 12.1. The van der Waals surface area contributed by atoms with Crippen LogP contribution >= 0.6 is 11.3 Å². The van der Waals surface area contributed by atoms with E-state index in [1.165, 1.54) is 11.3 Å². The highest BCUT2D eigenvalue weighted by Crippen LogP contribution is 2.24. The molecule has 2 aromatic rings. The first-order valence-corrected chi connectivity index (χ1v) is 6.51. The molecule has 0 saturated heterocycles. The first-order valence-electron chi connectivity index (χ1n) is 5.70. The van der Waals surface area contributed by atoms with E-state index in [0.29, 0.717) is 16.4 Å². The third-order valence-corrected chi connectivity index (χ3v) is 3.65. The van der Waals surface area contributed by atoms with Crippen molar-refractivity contribution < 1.29 is 4.79 Å². The number of nitrogens with two attached hydrogens (primary N) is 1. The van der Waals surface area contributed by atoms with E-state index in [4.69, 9.17) is 5.73 Å². The molecule has 0 aromatic carbocycles. The van der Waals surface area contributed by atoms with Crippen LogP contribution in [0.2, 0.25) is 0 Å². The van der Waals surface area contributed by atoms with E-state index in [0.717, 1.165) is 4.88 Å². The zero-order valence-corrected chi connectivity index (χ0v) is 11.4. The molecule has 0 spiro atoms. The first-order chi connectivity index (χ1) is 8.49. The minimum absolute atomic E-state index is 0.151. The van der Waals surface area contributed by atoms with Crippen molar-refractivity contribution in [3.8, 4) is 0 Å². The fraction of sp³-hybridized carbons (Fsp3) is 0.333. The Bertz CT molecular complexity index is 551. The normalized spacial score (nSPS) is 10.9. The van der Waals surface area contributed by atoms with Crippen molar-refractivity contribution in [2.24, 2.45) is 0 Å². The van der Waals surface area contributed by atoms with Crippen molar-refractivity contribution >= 4 is 28.7 Å². The van der Waals surface area contributed by atoms with Gasteiger partial charge in [-0.25, -0.2) is 4.68 Å². The zero-order chi connectivity index (χ0) is 13.3. The first kappa shape index (κ1) is 12.6. The fourth-order valence-electron chi connectivity index (χ4n) is 1.61. The van der Waals surface area contributed by atoms with Gasteiger partial charge in [0.2, 0.25) is 0 Å². The van der Waals surface area contributed by atoms with Crippen LogP contribution in [-0.4, -0.2) is 15.7 Å². The van der Waals surface area contributed by atoms with E-state index in [2.05, 4.69) is 10.4 Å². The molecule has 2 heterocycles. The summed E-state index contributed by atoms with van der Waals surface area (Å²) < 4.78 is 1.77. The summed E-state index contributed by atoms with van der Waals surface area (Å²) >= 11 is 1.39. The third kappa shape index (κ3) is 2.38. The summed E-state index contributed by atoms with van der Waals surface area (Å²) in [7, 11) is 0. The summed E-state index contributed by atoms with van der Waals surface area (Å²) in [5, 5.41) is 7.01. The average Bonchev–Trinajstić information content (AvgIpc) is 2.87. The molecule has 2 rings (SSSR count). The molecule has 0 fully saturated rings. The summed E-state index contributed by atoms with van der Waals surface area (Å²) in [5.74, 6) is 0.543. The molecular weight excluding hydrogens is 248 g/mol. The van der Waals surface area contributed by atoms with Gasteiger partial charge in [0.1, 0.15) is 5.82 Å². The van der Waals surface area contributed by atoms with Crippen molar-refractivity contribution in [2.75, 3.05) is 11.1 Å². The summed E-state index contributed by atoms with van der Waals surface area (Å²) in [6.45, 7) is 5.92. The minimum Gasteiger partial charge on any atom is -0.398 e. The number of amides is 1. The number of nitrogens with one attached hydrogen (secondary N) is 1. The second kappa shape index (κ2) is 4.81. The van der Waals surface area contributed by atoms with E-state index in [-0.39, 0.29) is 11.9 Å². The largest absolute Gasteiger partial charge is 0.398 e. The van der Waals surface area contributed by atoms with Gasteiger partial charge in [-0.15, -0.1) is 11.3 Å². The molecule has 0 atom stereocenters. The number of thiophene rings is 1. The average molecular weight is 264 g/mol. The second-order valence-electron chi connectivity index (χ2n) is 4.33. The molecule has 0 aliphatic carbocycles. The molecule has 6 heteroatoms. The monoisotopic (exact) mass is 264 g/mol. The summed E-state index contributed by atoms with van der Waals surface area (Å²) in [6.07, 6.45) is 1.67. The maximum atomic E-state index is 12.1. The topological polar surface area (TPSA) is 72.9 Å². The molecule has 0 unspecified atom stereocenters. The number of nitrogen functional groups attached to an aromatic ring is 1. The van der Waals surface area contributed by atoms with Crippen molar-refractivity contribution in [3.05, 3.63) is 28.1 Å². The lowest BCUT2D eigenvalue weighted by Gasteiger charge is -2.11. The number of hydrogen-bond acceptors (Lipinski definition) is 4. The van der Waals surface area contributed by atoms with Gasteiger partial charge in [0.25, 0.3) is 5.91 Å². The van der Waals surface area contributed by atoms with Crippen molar-refractivity contribution in [1.29, 1.82) is 0 Å². The van der Waals surface area contributed by atoms with Crippen LogP contribution in [0, 0.1) is 6.92 Å². The Kier molecular flexibility index (Phi) is 3.38. The van der Waals surface area contributed by atoms with Gasteiger partial charge in [0.05, 0.1) is 11.1 Å². The number of aromatic nitrogens is 2. The molecule has 3 N–H and O–H groups in total. The number of aryl methyl sites for hydroxylation is 1. The van der Waals surface area contributed by atoms with Crippen LogP contribution in [-0.2, 0) is 0 Å². The molecule has 0 aliphatic heterocycles. The van der Waals surface area contributed by atoms with Crippen LogP contribution in [0.3, 0.4) is 0 Å². The Balaban J connectivity index is 2.19. The van der Waals surface area contributed by atoms with Crippen LogP contribution in [0.4, 0.5) is 11.5 Å². The summed E-state index contributed by atoms with van der Waals surface area (Å²) in [5.41, 5.74) is 6.40. The highest BCUT2D eigenvalue weighted by Gasteiger charge is 2.14. The Hall–Kier alpha value is -1.82. The quantitative estimate of drug-likeness (QED) is 0.895. The smallest absolute Gasteiger partial charge is 0.266 e. The molecular formula is C12H16N4OS. The van der Waals surface area contributed by atoms with Crippen LogP contribution < -0.4 is 11.1 Å². The standard InChI is InChI=1S/C12H16N4OS/c1-7(2)16-11(4-5-14-16)15-12(17)10-6-9(13)8(3)18-10/h4-7H,13H2,1-3H3,(H,15,17). The highest BCUT2D eigenvalue weighted by atomic mass is 32.1. The summed E-state index contributed by atoms with van der Waals surface area (Å²) in [6, 6.07) is 3.68. The van der Waals surface area contributed by atoms with E-state index < -0.39 is 0 Å². The molecule has 0 radical (unpaired) electrons. The lowest BCUT2D eigenvalue weighted by Crippen LogP contribution is -2.15. The molecule has 96 valence electrons. The minimum atomic E-state index is -0.151. The van der Waals surface area contributed by atoms with Gasteiger partial charge in [-0.2, -0.15) is 5.10 Å². The van der Waals surface area contributed by atoms with E-state index in [1.807, 2.05) is 20.8 Å². The number of rotatable bonds is 3. The number of carbonyl (C=O) groups excluding carboxylic acids is 1. The molecule has 5 nitrogen and oxygen atoms in total. The predicted molar refractivity (Wildman–Crippen MR) is 74.0 cm³/mol. The number of hydrogen-bond donors (Lipinski definition) is 2. The van der Waals surface area contributed by atoms with Crippen LogP contribution in [0.25, 0.3) is 0 Å². The van der Waals surface area contributed by atoms with Gasteiger partial charge in [-0.05, 0) is 26.8 Å².